The van der Waals surface area contributed by atoms with Crippen molar-refractivity contribution in [2.24, 2.45) is 0 Å². The number of hydrogen-bond acceptors (Lipinski definition) is 2. The Bertz CT molecular complexity index is 616. The Morgan fingerprint density at radius 1 is 1.13 bits per heavy atom. The fourth-order valence-electron chi connectivity index (χ4n) is 2.50. The van der Waals surface area contributed by atoms with Crippen molar-refractivity contribution >= 4 is 27.5 Å². The lowest BCUT2D eigenvalue weighted by Gasteiger charge is -2.23. The third-order valence-electron chi connectivity index (χ3n) is 3.68. The lowest BCUT2D eigenvalue weighted by molar-refractivity contribution is -0.120. The van der Waals surface area contributed by atoms with Crippen LogP contribution in [0.15, 0.2) is 59.1 Å². The number of para-hydroxylation sites is 1. The van der Waals surface area contributed by atoms with Gasteiger partial charge in [0.15, 0.2) is 0 Å². The summed E-state index contributed by atoms with van der Waals surface area (Å²) in [4.78, 5) is 14.3. The number of benzene rings is 2. The smallest absolute Gasteiger partial charge is 0.224 e. The minimum Gasteiger partial charge on any atom is -0.372 e. The maximum Gasteiger partial charge on any atom is 0.224 e. The SMILES string of the molecule is CCN(CCCNC(=O)Cc1cccc(Br)c1)c1ccccc1. The Balaban J connectivity index is 1.71. The highest BCUT2D eigenvalue weighted by Crippen LogP contribution is 2.13. The predicted molar refractivity (Wildman–Crippen MR) is 99.8 cm³/mol. The second-order valence-electron chi connectivity index (χ2n) is 5.43. The van der Waals surface area contributed by atoms with E-state index in [4.69, 9.17) is 0 Å². The van der Waals surface area contributed by atoms with Crippen LogP contribution < -0.4 is 10.2 Å². The van der Waals surface area contributed by atoms with Gasteiger partial charge in [0.05, 0.1) is 6.42 Å². The molecule has 0 unspecified atom stereocenters. The van der Waals surface area contributed by atoms with E-state index in [1.54, 1.807) is 0 Å². The average molecular weight is 375 g/mol. The molecule has 0 saturated carbocycles. The van der Waals surface area contributed by atoms with Crippen LogP contribution in [-0.2, 0) is 11.2 Å². The highest BCUT2D eigenvalue weighted by molar-refractivity contribution is 9.10. The molecule has 0 aromatic heterocycles. The Kier molecular flexibility index (Phi) is 7.14. The minimum atomic E-state index is 0.0749. The van der Waals surface area contributed by atoms with E-state index in [2.05, 4.69) is 57.3 Å². The third-order valence-corrected chi connectivity index (χ3v) is 4.18. The molecule has 0 aliphatic rings. The van der Waals surface area contributed by atoms with E-state index in [-0.39, 0.29) is 5.91 Å². The van der Waals surface area contributed by atoms with Gasteiger partial charge in [0.25, 0.3) is 0 Å². The van der Waals surface area contributed by atoms with Crippen LogP contribution in [-0.4, -0.2) is 25.5 Å². The molecule has 0 fully saturated rings. The molecular weight excluding hydrogens is 352 g/mol. The summed E-state index contributed by atoms with van der Waals surface area (Å²) in [5.74, 6) is 0.0749. The number of rotatable bonds is 8. The highest BCUT2D eigenvalue weighted by Gasteiger charge is 2.05. The van der Waals surface area contributed by atoms with Crippen LogP contribution in [0.3, 0.4) is 0 Å². The van der Waals surface area contributed by atoms with Crippen molar-refractivity contribution in [1.82, 2.24) is 5.32 Å². The van der Waals surface area contributed by atoms with Gasteiger partial charge in [0.1, 0.15) is 0 Å². The molecule has 0 aliphatic heterocycles. The van der Waals surface area contributed by atoms with Gasteiger partial charge in [-0.05, 0) is 43.2 Å². The van der Waals surface area contributed by atoms with Crippen molar-refractivity contribution in [2.75, 3.05) is 24.5 Å². The summed E-state index contributed by atoms with van der Waals surface area (Å²) >= 11 is 3.42. The number of nitrogens with zero attached hydrogens (tertiary/aromatic N) is 1. The van der Waals surface area contributed by atoms with Gasteiger partial charge in [-0.1, -0.05) is 46.3 Å². The number of hydrogen-bond donors (Lipinski definition) is 1. The van der Waals surface area contributed by atoms with Crippen LogP contribution in [0.1, 0.15) is 18.9 Å². The molecule has 122 valence electrons. The lowest BCUT2D eigenvalue weighted by Crippen LogP contribution is -2.30. The van der Waals surface area contributed by atoms with Gasteiger partial charge in [0, 0.05) is 29.8 Å². The molecule has 0 aliphatic carbocycles. The molecule has 0 radical (unpaired) electrons. The molecule has 2 rings (SSSR count). The van der Waals surface area contributed by atoms with Crippen molar-refractivity contribution in [3.8, 4) is 0 Å². The van der Waals surface area contributed by atoms with Crippen molar-refractivity contribution in [3.05, 3.63) is 64.6 Å². The maximum atomic E-state index is 12.0. The zero-order chi connectivity index (χ0) is 16.5. The van der Waals surface area contributed by atoms with E-state index in [1.807, 2.05) is 30.3 Å². The van der Waals surface area contributed by atoms with Gasteiger partial charge in [-0.2, -0.15) is 0 Å². The average Bonchev–Trinajstić information content (AvgIpc) is 2.56. The molecule has 1 amide bonds. The highest BCUT2D eigenvalue weighted by atomic mass is 79.9. The Morgan fingerprint density at radius 3 is 2.61 bits per heavy atom. The van der Waals surface area contributed by atoms with E-state index in [0.29, 0.717) is 13.0 Å². The predicted octanol–water partition coefficient (Wildman–Crippen LogP) is 4.02. The molecule has 0 spiro atoms. The number of anilines is 1. The topological polar surface area (TPSA) is 32.3 Å². The van der Waals surface area contributed by atoms with Crippen LogP contribution in [0.2, 0.25) is 0 Å². The Hall–Kier alpha value is -1.81. The van der Waals surface area contributed by atoms with E-state index in [9.17, 15) is 4.79 Å². The van der Waals surface area contributed by atoms with Gasteiger partial charge in [-0.25, -0.2) is 0 Å². The monoisotopic (exact) mass is 374 g/mol. The molecule has 3 nitrogen and oxygen atoms in total. The van der Waals surface area contributed by atoms with Gasteiger partial charge >= 0.3 is 0 Å². The zero-order valence-electron chi connectivity index (χ0n) is 13.5. The zero-order valence-corrected chi connectivity index (χ0v) is 15.1. The molecule has 0 bridgehead atoms. The summed E-state index contributed by atoms with van der Waals surface area (Å²) in [6, 6.07) is 18.2. The molecule has 1 N–H and O–H groups in total. The fraction of sp³-hybridized carbons (Fsp3) is 0.316. The van der Waals surface area contributed by atoms with Crippen LogP contribution in [0.5, 0.6) is 0 Å². The maximum absolute atomic E-state index is 12.0. The van der Waals surface area contributed by atoms with Crippen molar-refractivity contribution in [1.29, 1.82) is 0 Å². The van der Waals surface area contributed by atoms with Gasteiger partial charge in [-0.3, -0.25) is 4.79 Å². The van der Waals surface area contributed by atoms with E-state index >= 15 is 0 Å². The quantitative estimate of drug-likeness (QED) is 0.707. The second-order valence-corrected chi connectivity index (χ2v) is 6.34. The Labute approximate surface area is 146 Å². The van der Waals surface area contributed by atoms with Crippen molar-refractivity contribution in [2.45, 2.75) is 19.8 Å². The molecule has 2 aromatic carbocycles. The van der Waals surface area contributed by atoms with E-state index < -0.39 is 0 Å². The largest absolute Gasteiger partial charge is 0.372 e. The fourth-order valence-corrected chi connectivity index (χ4v) is 2.95. The van der Waals surface area contributed by atoms with Crippen molar-refractivity contribution < 1.29 is 4.79 Å². The summed E-state index contributed by atoms with van der Waals surface area (Å²) < 4.78 is 1.00. The number of carbonyl (C=O) groups is 1. The summed E-state index contributed by atoms with van der Waals surface area (Å²) in [5.41, 5.74) is 2.26. The van der Waals surface area contributed by atoms with Crippen LogP contribution in [0.4, 0.5) is 5.69 Å². The summed E-state index contributed by atoms with van der Waals surface area (Å²) in [7, 11) is 0. The second kappa shape index (κ2) is 9.36. The van der Waals surface area contributed by atoms with E-state index in [0.717, 1.165) is 29.5 Å². The lowest BCUT2D eigenvalue weighted by atomic mass is 10.1. The van der Waals surface area contributed by atoms with Crippen LogP contribution in [0.25, 0.3) is 0 Å². The first-order chi connectivity index (χ1) is 11.2. The Morgan fingerprint density at radius 2 is 1.91 bits per heavy atom. The molecule has 2 aromatic rings. The first kappa shape index (κ1) is 17.5. The molecular formula is C19H23BrN2O. The normalized spacial score (nSPS) is 10.3. The minimum absolute atomic E-state index is 0.0749. The van der Waals surface area contributed by atoms with Crippen LogP contribution >= 0.6 is 15.9 Å². The number of carbonyl (C=O) groups excluding carboxylic acids is 1. The molecule has 4 heteroatoms. The molecule has 0 saturated heterocycles. The van der Waals surface area contributed by atoms with Crippen LogP contribution in [0, 0.1) is 0 Å². The molecule has 0 heterocycles. The third kappa shape index (κ3) is 6.06. The van der Waals surface area contributed by atoms with E-state index in [1.165, 1.54) is 5.69 Å². The van der Waals surface area contributed by atoms with Gasteiger partial charge < -0.3 is 10.2 Å². The number of nitrogens with one attached hydrogen (secondary N) is 1. The van der Waals surface area contributed by atoms with Crippen molar-refractivity contribution in [3.63, 3.8) is 0 Å². The van der Waals surface area contributed by atoms with Gasteiger partial charge in [0.2, 0.25) is 5.91 Å². The number of halogens is 1. The first-order valence-corrected chi connectivity index (χ1v) is 8.79. The first-order valence-electron chi connectivity index (χ1n) is 8.00. The standard InChI is InChI=1S/C19H23BrN2O/c1-2-22(18-10-4-3-5-11-18)13-7-12-21-19(23)15-16-8-6-9-17(20)14-16/h3-6,8-11,14H,2,7,12-13,15H2,1H3,(H,21,23). The summed E-state index contributed by atoms with van der Waals surface area (Å²) in [6.07, 6.45) is 1.36. The molecule has 23 heavy (non-hydrogen) atoms. The number of amides is 1. The summed E-state index contributed by atoms with van der Waals surface area (Å²) in [5, 5.41) is 3.00. The molecule has 0 atom stereocenters. The van der Waals surface area contributed by atoms with Gasteiger partial charge in [-0.15, -0.1) is 0 Å². The summed E-state index contributed by atoms with van der Waals surface area (Å²) in [6.45, 7) is 4.77.